The van der Waals surface area contributed by atoms with Crippen molar-refractivity contribution >= 4 is 6.29 Å². The summed E-state index contributed by atoms with van der Waals surface area (Å²) in [5.41, 5.74) is 0. The van der Waals surface area contributed by atoms with E-state index in [2.05, 4.69) is 0 Å². The zero-order valence-electron chi connectivity index (χ0n) is 9.03. The van der Waals surface area contributed by atoms with E-state index in [1.807, 2.05) is 13.8 Å². The van der Waals surface area contributed by atoms with E-state index < -0.39 is 0 Å². The van der Waals surface area contributed by atoms with Gasteiger partial charge in [0.05, 0.1) is 39.1 Å². The third kappa shape index (κ3) is 11.6. The minimum atomic E-state index is 0.252. The van der Waals surface area contributed by atoms with E-state index in [1.165, 1.54) is 0 Å². The van der Waals surface area contributed by atoms with Crippen LogP contribution in [-0.4, -0.2) is 45.4 Å². The molecule has 0 bridgehead atoms. The summed E-state index contributed by atoms with van der Waals surface area (Å²) in [5, 5.41) is 0. The Balaban J connectivity index is 2.88. The normalized spacial score (nSPS) is 10.8. The fourth-order valence-electron chi connectivity index (χ4n) is 0.796. The smallest absolute Gasteiger partial charge is 0.122 e. The second-order valence-corrected chi connectivity index (χ2v) is 3.10. The lowest BCUT2D eigenvalue weighted by atomic mass is 10.5. The van der Waals surface area contributed by atoms with Crippen LogP contribution in [0.1, 0.15) is 20.3 Å². The maximum atomic E-state index is 9.91. The van der Waals surface area contributed by atoms with Gasteiger partial charge in [0.2, 0.25) is 0 Å². The molecule has 4 heteroatoms. The molecule has 0 saturated heterocycles. The third-order valence-electron chi connectivity index (χ3n) is 1.43. The highest BCUT2D eigenvalue weighted by Gasteiger charge is 1.93. The molecular formula is C10H20O4. The average Bonchev–Trinajstić information content (AvgIpc) is 2.15. The standard InChI is InChI=1S/C10H20O4/c1-10(2)14-9-8-13-7-6-12-5-3-4-11/h4,10H,3,5-9H2,1-2H3. The summed E-state index contributed by atoms with van der Waals surface area (Å²) in [5.74, 6) is 0. The first-order valence-electron chi connectivity index (χ1n) is 4.98. The molecule has 0 spiro atoms. The number of hydrogen-bond donors (Lipinski definition) is 0. The third-order valence-corrected chi connectivity index (χ3v) is 1.43. The van der Waals surface area contributed by atoms with E-state index in [0.29, 0.717) is 39.5 Å². The zero-order valence-corrected chi connectivity index (χ0v) is 9.03. The molecule has 0 fully saturated rings. The average molecular weight is 204 g/mol. The van der Waals surface area contributed by atoms with Gasteiger partial charge in [0, 0.05) is 6.42 Å². The minimum absolute atomic E-state index is 0.252. The largest absolute Gasteiger partial charge is 0.379 e. The molecule has 0 atom stereocenters. The van der Waals surface area contributed by atoms with Gasteiger partial charge in [-0.25, -0.2) is 0 Å². The van der Waals surface area contributed by atoms with Crippen LogP contribution < -0.4 is 0 Å². The predicted octanol–water partition coefficient (Wildman–Crippen LogP) is 1.03. The highest BCUT2D eigenvalue weighted by atomic mass is 16.5. The first-order chi connectivity index (χ1) is 6.77. The SMILES string of the molecule is CC(C)OCCOCCOCCC=O. The Labute approximate surface area is 85.5 Å². The maximum Gasteiger partial charge on any atom is 0.122 e. The van der Waals surface area contributed by atoms with E-state index in [4.69, 9.17) is 14.2 Å². The summed E-state index contributed by atoms with van der Waals surface area (Å²) >= 11 is 0. The summed E-state index contributed by atoms with van der Waals surface area (Å²) in [6, 6.07) is 0. The van der Waals surface area contributed by atoms with Crippen molar-refractivity contribution in [2.45, 2.75) is 26.4 Å². The number of ether oxygens (including phenoxy) is 3. The van der Waals surface area contributed by atoms with Crippen LogP contribution in [0.3, 0.4) is 0 Å². The Morgan fingerprint density at radius 1 is 1.00 bits per heavy atom. The summed E-state index contributed by atoms with van der Waals surface area (Å²) in [7, 11) is 0. The Morgan fingerprint density at radius 3 is 2.14 bits per heavy atom. The Kier molecular flexibility index (Phi) is 10.3. The molecule has 0 aliphatic heterocycles. The van der Waals surface area contributed by atoms with Gasteiger partial charge < -0.3 is 19.0 Å². The molecule has 0 aromatic rings. The number of carbonyl (C=O) groups is 1. The lowest BCUT2D eigenvalue weighted by Crippen LogP contribution is -2.12. The van der Waals surface area contributed by atoms with Gasteiger partial charge in [0.25, 0.3) is 0 Å². The van der Waals surface area contributed by atoms with Gasteiger partial charge in [-0.05, 0) is 13.8 Å². The lowest BCUT2D eigenvalue weighted by Gasteiger charge is -2.07. The van der Waals surface area contributed by atoms with Gasteiger partial charge in [0.15, 0.2) is 0 Å². The summed E-state index contributed by atoms with van der Waals surface area (Å²) < 4.78 is 15.6. The van der Waals surface area contributed by atoms with Gasteiger partial charge in [-0.2, -0.15) is 0 Å². The molecule has 84 valence electrons. The Hall–Kier alpha value is -0.450. The van der Waals surface area contributed by atoms with Gasteiger partial charge >= 0.3 is 0 Å². The van der Waals surface area contributed by atoms with Crippen molar-refractivity contribution < 1.29 is 19.0 Å². The predicted molar refractivity (Wildman–Crippen MR) is 53.4 cm³/mol. The van der Waals surface area contributed by atoms with Crippen LogP contribution in [0, 0.1) is 0 Å². The molecule has 0 aromatic carbocycles. The molecule has 0 radical (unpaired) electrons. The van der Waals surface area contributed by atoms with Gasteiger partial charge in [-0.15, -0.1) is 0 Å². The van der Waals surface area contributed by atoms with Crippen molar-refractivity contribution in [2.24, 2.45) is 0 Å². The van der Waals surface area contributed by atoms with Crippen LogP contribution in [0.15, 0.2) is 0 Å². The number of carbonyl (C=O) groups excluding carboxylic acids is 1. The number of hydrogen-bond acceptors (Lipinski definition) is 4. The van der Waals surface area contributed by atoms with Crippen LogP contribution in [0.2, 0.25) is 0 Å². The number of aldehydes is 1. The van der Waals surface area contributed by atoms with Crippen molar-refractivity contribution in [2.75, 3.05) is 33.0 Å². The van der Waals surface area contributed by atoms with E-state index in [1.54, 1.807) is 0 Å². The molecule has 0 saturated carbocycles. The van der Waals surface area contributed by atoms with E-state index in [-0.39, 0.29) is 6.10 Å². The summed E-state index contributed by atoms with van der Waals surface area (Å²) in [4.78, 5) is 9.91. The molecule has 0 N–H and O–H groups in total. The second kappa shape index (κ2) is 10.6. The first kappa shape index (κ1) is 13.5. The monoisotopic (exact) mass is 204 g/mol. The van der Waals surface area contributed by atoms with Crippen molar-refractivity contribution in [3.05, 3.63) is 0 Å². The minimum Gasteiger partial charge on any atom is -0.379 e. The van der Waals surface area contributed by atoms with Crippen LogP contribution in [0.4, 0.5) is 0 Å². The fraction of sp³-hybridized carbons (Fsp3) is 0.900. The molecule has 0 heterocycles. The topological polar surface area (TPSA) is 44.8 Å². The van der Waals surface area contributed by atoms with Crippen molar-refractivity contribution in [3.8, 4) is 0 Å². The van der Waals surface area contributed by atoms with Crippen molar-refractivity contribution in [1.29, 1.82) is 0 Å². The molecule has 0 unspecified atom stereocenters. The maximum absolute atomic E-state index is 9.91. The Bertz CT molecular complexity index is 125. The fourth-order valence-corrected chi connectivity index (χ4v) is 0.796. The van der Waals surface area contributed by atoms with Gasteiger partial charge in [0.1, 0.15) is 6.29 Å². The van der Waals surface area contributed by atoms with Crippen LogP contribution in [0.5, 0.6) is 0 Å². The highest BCUT2D eigenvalue weighted by Crippen LogP contribution is 1.87. The molecular weight excluding hydrogens is 184 g/mol. The van der Waals surface area contributed by atoms with E-state index in [9.17, 15) is 4.79 Å². The highest BCUT2D eigenvalue weighted by molar-refractivity contribution is 5.49. The zero-order chi connectivity index (χ0) is 10.6. The van der Waals surface area contributed by atoms with E-state index in [0.717, 1.165) is 6.29 Å². The molecule has 0 rings (SSSR count). The van der Waals surface area contributed by atoms with Crippen LogP contribution in [-0.2, 0) is 19.0 Å². The number of rotatable bonds is 10. The molecule has 0 aliphatic rings. The van der Waals surface area contributed by atoms with Crippen molar-refractivity contribution in [3.63, 3.8) is 0 Å². The van der Waals surface area contributed by atoms with Gasteiger partial charge in [-0.1, -0.05) is 0 Å². The van der Waals surface area contributed by atoms with Crippen LogP contribution in [0.25, 0.3) is 0 Å². The molecule has 0 aromatic heterocycles. The van der Waals surface area contributed by atoms with Crippen LogP contribution >= 0.6 is 0 Å². The Morgan fingerprint density at radius 2 is 1.57 bits per heavy atom. The molecule has 0 aliphatic carbocycles. The molecule has 14 heavy (non-hydrogen) atoms. The quantitative estimate of drug-likeness (QED) is 0.394. The summed E-state index contributed by atoms with van der Waals surface area (Å²) in [6.45, 7) is 6.76. The molecule has 4 nitrogen and oxygen atoms in total. The summed E-state index contributed by atoms with van der Waals surface area (Å²) in [6.07, 6.45) is 1.55. The second-order valence-electron chi connectivity index (χ2n) is 3.10. The molecule has 0 amide bonds. The lowest BCUT2D eigenvalue weighted by molar-refractivity contribution is -0.108. The first-order valence-corrected chi connectivity index (χ1v) is 4.98. The van der Waals surface area contributed by atoms with Crippen molar-refractivity contribution in [1.82, 2.24) is 0 Å². The van der Waals surface area contributed by atoms with E-state index >= 15 is 0 Å². The van der Waals surface area contributed by atoms with Gasteiger partial charge in [-0.3, -0.25) is 0 Å².